The number of halogens is 1. The maximum absolute atomic E-state index is 12.9. The normalized spacial score (nSPS) is 13.6. The van der Waals surface area contributed by atoms with E-state index in [9.17, 15) is 14.0 Å². The summed E-state index contributed by atoms with van der Waals surface area (Å²) in [5.41, 5.74) is 0.582. The number of carbonyl (C=O) groups excluding carboxylic acids is 1. The molecule has 0 heterocycles. The Labute approximate surface area is 121 Å². The molecule has 4 nitrogen and oxygen atoms in total. The molecule has 0 fully saturated rings. The Morgan fingerprint density at radius 2 is 1.95 bits per heavy atom. The maximum atomic E-state index is 12.9. The minimum absolute atomic E-state index is 0.199. The fourth-order valence-corrected chi connectivity index (χ4v) is 2.41. The van der Waals surface area contributed by atoms with E-state index in [2.05, 4.69) is 5.32 Å². The average Bonchev–Trinajstić information content (AvgIpc) is 2.38. The molecule has 2 atom stereocenters. The van der Waals surface area contributed by atoms with Gasteiger partial charge in [0.05, 0.1) is 12.5 Å². The van der Waals surface area contributed by atoms with Crippen LogP contribution in [-0.2, 0) is 9.59 Å². The molecule has 0 aromatic heterocycles. The Morgan fingerprint density at radius 3 is 2.45 bits per heavy atom. The highest BCUT2D eigenvalue weighted by Crippen LogP contribution is 2.18. The summed E-state index contributed by atoms with van der Waals surface area (Å²) < 4.78 is 12.9. The molecular weight excluding hydrogens is 281 g/mol. The first-order valence-corrected chi connectivity index (χ1v) is 7.60. The summed E-state index contributed by atoms with van der Waals surface area (Å²) in [6.07, 6.45) is 1.67. The van der Waals surface area contributed by atoms with E-state index in [0.717, 1.165) is 0 Å². The van der Waals surface area contributed by atoms with Gasteiger partial charge in [0.1, 0.15) is 5.82 Å². The number of carbonyl (C=O) groups is 2. The van der Waals surface area contributed by atoms with Crippen molar-refractivity contribution in [1.29, 1.82) is 0 Å². The van der Waals surface area contributed by atoms with Gasteiger partial charge in [-0.3, -0.25) is 9.59 Å². The molecular formula is C14H18FNO3S. The van der Waals surface area contributed by atoms with E-state index in [1.807, 2.05) is 6.26 Å². The van der Waals surface area contributed by atoms with Gasteiger partial charge in [0, 0.05) is 11.7 Å². The second-order valence-electron chi connectivity index (χ2n) is 4.57. The molecule has 0 aliphatic rings. The Kier molecular flexibility index (Phi) is 6.51. The van der Waals surface area contributed by atoms with Gasteiger partial charge in [-0.15, -0.1) is 0 Å². The zero-order chi connectivity index (χ0) is 15.1. The average molecular weight is 299 g/mol. The molecule has 2 N–H and O–H groups in total. The van der Waals surface area contributed by atoms with Crippen LogP contribution < -0.4 is 5.32 Å². The van der Waals surface area contributed by atoms with Crippen molar-refractivity contribution in [2.45, 2.75) is 19.4 Å². The minimum atomic E-state index is -1.02. The standard InChI is InChI=1S/C14H18FNO3S/c1-9(8-20-2)14(19)16-12(7-13(17)18)10-3-5-11(15)6-4-10/h3-6,9,12H,7-8H2,1-2H3,(H,16,19)(H,17,18). The number of hydrogen-bond acceptors (Lipinski definition) is 3. The highest BCUT2D eigenvalue weighted by Gasteiger charge is 2.21. The quantitative estimate of drug-likeness (QED) is 0.811. The molecule has 0 bridgehead atoms. The predicted octanol–water partition coefficient (Wildman–Crippen LogP) is 2.46. The summed E-state index contributed by atoms with van der Waals surface area (Å²) in [7, 11) is 0. The Hall–Kier alpha value is -1.56. The molecule has 0 aliphatic heterocycles. The third-order valence-corrected chi connectivity index (χ3v) is 3.67. The summed E-state index contributed by atoms with van der Waals surface area (Å²) in [6, 6.07) is 4.83. The van der Waals surface area contributed by atoms with E-state index in [0.29, 0.717) is 11.3 Å². The third kappa shape index (κ3) is 5.21. The van der Waals surface area contributed by atoms with Gasteiger partial charge in [0.2, 0.25) is 5.91 Å². The number of amides is 1. The number of thioether (sulfide) groups is 1. The molecule has 0 radical (unpaired) electrons. The molecule has 6 heteroatoms. The first-order chi connectivity index (χ1) is 9.43. The molecule has 110 valence electrons. The van der Waals surface area contributed by atoms with E-state index in [1.54, 1.807) is 18.7 Å². The maximum Gasteiger partial charge on any atom is 0.305 e. The largest absolute Gasteiger partial charge is 0.481 e. The molecule has 0 spiro atoms. The molecule has 1 amide bonds. The van der Waals surface area contributed by atoms with Crippen molar-refractivity contribution in [3.8, 4) is 0 Å². The van der Waals surface area contributed by atoms with Gasteiger partial charge < -0.3 is 10.4 Å². The number of carboxylic acids is 1. The smallest absolute Gasteiger partial charge is 0.305 e. The van der Waals surface area contributed by atoms with Crippen LogP contribution in [-0.4, -0.2) is 29.0 Å². The highest BCUT2D eigenvalue weighted by atomic mass is 32.2. The summed E-state index contributed by atoms with van der Waals surface area (Å²) in [4.78, 5) is 22.9. The van der Waals surface area contributed by atoms with Crippen LogP contribution in [0.1, 0.15) is 24.9 Å². The van der Waals surface area contributed by atoms with Crippen LogP contribution in [0.4, 0.5) is 4.39 Å². The second-order valence-corrected chi connectivity index (χ2v) is 5.48. The number of carboxylic acid groups (broad SMARTS) is 1. The lowest BCUT2D eigenvalue weighted by atomic mass is 10.0. The first-order valence-electron chi connectivity index (χ1n) is 6.20. The van der Waals surface area contributed by atoms with E-state index in [-0.39, 0.29) is 18.2 Å². The minimum Gasteiger partial charge on any atom is -0.481 e. The lowest BCUT2D eigenvalue weighted by molar-refractivity contribution is -0.137. The molecule has 0 aliphatic carbocycles. The summed E-state index contributed by atoms with van der Waals surface area (Å²) in [5, 5.41) is 11.6. The monoisotopic (exact) mass is 299 g/mol. The lowest BCUT2D eigenvalue weighted by Gasteiger charge is -2.20. The van der Waals surface area contributed by atoms with Crippen LogP contribution in [0.2, 0.25) is 0 Å². The van der Waals surface area contributed by atoms with E-state index < -0.39 is 17.8 Å². The number of aliphatic carboxylic acids is 1. The zero-order valence-electron chi connectivity index (χ0n) is 11.4. The molecule has 0 saturated carbocycles. The summed E-state index contributed by atoms with van der Waals surface area (Å²) in [5.74, 6) is -1.16. The SMILES string of the molecule is CSCC(C)C(=O)NC(CC(=O)O)c1ccc(F)cc1. The van der Waals surface area contributed by atoms with Crippen molar-refractivity contribution in [3.63, 3.8) is 0 Å². The molecule has 1 aromatic carbocycles. The van der Waals surface area contributed by atoms with Crippen LogP contribution in [0.5, 0.6) is 0 Å². The number of benzene rings is 1. The number of hydrogen-bond donors (Lipinski definition) is 2. The van der Waals surface area contributed by atoms with Crippen LogP contribution in [0, 0.1) is 11.7 Å². The van der Waals surface area contributed by atoms with Gasteiger partial charge in [-0.05, 0) is 24.0 Å². The van der Waals surface area contributed by atoms with E-state index in [4.69, 9.17) is 5.11 Å². The van der Waals surface area contributed by atoms with Gasteiger partial charge in [-0.2, -0.15) is 11.8 Å². The van der Waals surface area contributed by atoms with Gasteiger partial charge in [0.25, 0.3) is 0 Å². The van der Waals surface area contributed by atoms with Gasteiger partial charge >= 0.3 is 5.97 Å². The van der Waals surface area contributed by atoms with Crippen molar-refractivity contribution in [2.24, 2.45) is 5.92 Å². The van der Waals surface area contributed by atoms with E-state index >= 15 is 0 Å². The van der Waals surface area contributed by atoms with E-state index in [1.165, 1.54) is 24.3 Å². The van der Waals surface area contributed by atoms with Crippen molar-refractivity contribution < 1.29 is 19.1 Å². The van der Waals surface area contributed by atoms with Gasteiger partial charge in [-0.25, -0.2) is 4.39 Å². The number of nitrogens with one attached hydrogen (secondary N) is 1. The summed E-state index contributed by atoms with van der Waals surface area (Å²) >= 11 is 1.55. The van der Waals surface area contributed by atoms with Crippen LogP contribution in [0.25, 0.3) is 0 Å². The second kappa shape index (κ2) is 7.89. The third-order valence-electron chi connectivity index (χ3n) is 2.83. The lowest BCUT2D eigenvalue weighted by Crippen LogP contribution is -2.35. The molecule has 20 heavy (non-hydrogen) atoms. The number of rotatable bonds is 7. The molecule has 2 unspecified atom stereocenters. The van der Waals surface area contributed by atoms with Crippen LogP contribution in [0.3, 0.4) is 0 Å². The van der Waals surface area contributed by atoms with Crippen LogP contribution >= 0.6 is 11.8 Å². The molecule has 1 aromatic rings. The Balaban J connectivity index is 2.81. The highest BCUT2D eigenvalue weighted by molar-refractivity contribution is 7.98. The summed E-state index contributed by atoms with van der Waals surface area (Å²) in [6.45, 7) is 1.79. The zero-order valence-corrected chi connectivity index (χ0v) is 12.2. The first kappa shape index (κ1) is 16.5. The van der Waals surface area contributed by atoms with Crippen molar-refractivity contribution in [3.05, 3.63) is 35.6 Å². The van der Waals surface area contributed by atoms with Crippen molar-refractivity contribution in [1.82, 2.24) is 5.32 Å². The topological polar surface area (TPSA) is 66.4 Å². The van der Waals surface area contributed by atoms with Crippen LogP contribution in [0.15, 0.2) is 24.3 Å². The molecule has 1 rings (SSSR count). The van der Waals surface area contributed by atoms with Crippen molar-refractivity contribution >= 4 is 23.6 Å². The Bertz CT molecular complexity index is 464. The van der Waals surface area contributed by atoms with Gasteiger partial charge in [-0.1, -0.05) is 19.1 Å². The Morgan fingerprint density at radius 1 is 1.35 bits per heavy atom. The van der Waals surface area contributed by atoms with Crippen molar-refractivity contribution in [2.75, 3.05) is 12.0 Å². The fourth-order valence-electron chi connectivity index (χ4n) is 1.76. The fraction of sp³-hybridized carbons (Fsp3) is 0.429. The van der Waals surface area contributed by atoms with Gasteiger partial charge in [0.15, 0.2) is 0 Å². The predicted molar refractivity (Wildman–Crippen MR) is 77.1 cm³/mol. The molecule has 0 saturated heterocycles.